The number of hydrogen-bond acceptors (Lipinski definition) is 4. The predicted octanol–water partition coefficient (Wildman–Crippen LogP) is 2.40. The molecule has 5 heteroatoms. The van der Waals surface area contributed by atoms with Crippen LogP contribution < -0.4 is 5.32 Å². The fraction of sp³-hybridized carbons (Fsp3) is 0.933. The smallest absolute Gasteiger partial charge is 0.410 e. The summed E-state index contributed by atoms with van der Waals surface area (Å²) in [5.41, 5.74) is -0.418. The van der Waals surface area contributed by atoms with E-state index in [0.717, 1.165) is 39.1 Å². The molecule has 1 amide bonds. The molecule has 1 rings (SSSR count). The fourth-order valence-electron chi connectivity index (χ4n) is 2.27. The Morgan fingerprint density at radius 2 is 1.95 bits per heavy atom. The lowest BCUT2D eigenvalue weighted by Crippen LogP contribution is -2.47. The van der Waals surface area contributed by atoms with E-state index in [4.69, 9.17) is 9.47 Å². The zero-order chi connectivity index (χ0) is 15.2. The number of piperidine rings is 1. The van der Waals surface area contributed by atoms with Gasteiger partial charge in [-0.2, -0.15) is 0 Å². The molecule has 0 aliphatic carbocycles. The first-order valence-electron chi connectivity index (χ1n) is 7.64. The van der Waals surface area contributed by atoms with Gasteiger partial charge in [0.15, 0.2) is 0 Å². The van der Waals surface area contributed by atoms with Gasteiger partial charge in [-0.1, -0.05) is 0 Å². The minimum atomic E-state index is -0.418. The lowest BCUT2D eigenvalue weighted by molar-refractivity contribution is 0.0189. The maximum atomic E-state index is 11.9. The van der Waals surface area contributed by atoms with Gasteiger partial charge in [0.25, 0.3) is 0 Å². The summed E-state index contributed by atoms with van der Waals surface area (Å²) in [5.74, 6) is 0. The quantitative estimate of drug-likeness (QED) is 0.843. The van der Waals surface area contributed by atoms with Gasteiger partial charge in [0.1, 0.15) is 5.60 Å². The van der Waals surface area contributed by atoms with Crippen molar-refractivity contribution < 1.29 is 14.3 Å². The first kappa shape index (κ1) is 17.2. The second-order valence-corrected chi connectivity index (χ2v) is 6.42. The van der Waals surface area contributed by atoms with Gasteiger partial charge >= 0.3 is 6.09 Å². The van der Waals surface area contributed by atoms with Gasteiger partial charge in [-0.3, -0.25) is 0 Å². The number of likely N-dealkylation sites (tertiary alicyclic amines) is 1. The molecule has 0 bridgehead atoms. The maximum absolute atomic E-state index is 11.9. The molecule has 0 spiro atoms. The van der Waals surface area contributed by atoms with Crippen LogP contribution in [0.5, 0.6) is 0 Å². The lowest BCUT2D eigenvalue weighted by atomic mass is 10.1. The molecule has 1 atom stereocenters. The second kappa shape index (κ2) is 7.84. The topological polar surface area (TPSA) is 50.8 Å². The highest BCUT2D eigenvalue weighted by Crippen LogP contribution is 2.15. The number of hydrogen-bond donors (Lipinski definition) is 1. The third-order valence-electron chi connectivity index (χ3n) is 3.29. The van der Waals surface area contributed by atoms with Crippen LogP contribution >= 0.6 is 0 Å². The van der Waals surface area contributed by atoms with E-state index in [0.29, 0.717) is 6.04 Å². The Hall–Kier alpha value is -0.810. The summed E-state index contributed by atoms with van der Waals surface area (Å²) in [5, 5.41) is 3.51. The average molecular weight is 286 g/mol. The molecule has 1 unspecified atom stereocenters. The Kier molecular flexibility index (Phi) is 6.76. The third kappa shape index (κ3) is 6.57. The molecule has 1 N–H and O–H groups in total. The first-order valence-corrected chi connectivity index (χ1v) is 7.64. The second-order valence-electron chi connectivity index (χ2n) is 6.42. The van der Waals surface area contributed by atoms with Gasteiger partial charge in [-0.05, 0) is 47.5 Å². The standard InChI is InChI=1S/C15H30N2O3/c1-6-19-12(2)11-16-13-7-9-17(10-8-13)14(18)20-15(3,4)5/h12-13,16H,6-11H2,1-5H3. The van der Waals surface area contributed by atoms with Crippen LogP contribution in [-0.2, 0) is 9.47 Å². The first-order chi connectivity index (χ1) is 9.31. The molecule has 1 saturated heterocycles. The van der Waals surface area contributed by atoms with Gasteiger partial charge in [-0.15, -0.1) is 0 Å². The summed E-state index contributed by atoms with van der Waals surface area (Å²) < 4.78 is 10.9. The van der Waals surface area contributed by atoms with Crippen LogP contribution in [0.1, 0.15) is 47.5 Å². The number of nitrogens with one attached hydrogen (secondary N) is 1. The molecule has 1 heterocycles. The van der Waals surface area contributed by atoms with Crippen molar-refractivity contribution in [1.82, 2.24) is 10.2 Å². The molecule has 5 nitrogen and oxygen atoms in total. The van der Waals surface area contributed by atoms with Crippen molar-refractivity contribution in [2.75, 3.05) is 26.2 Å². The van der Waals surface area contributed by atoms with Crippen LogP contribution in [0, 0.1) is 0 Å². The van der Waals surface area contributed by atoms with Gasteiger partial charge < -0.3 is 19.7 Å². The average Bonchev–Trinajstić information content (AvgIpc) is 2.35. The number of carbonyl (C=O) groups excluding carboxylic acids is 1. The molecular weight excluding hydrogens is 256 g/mol. The number of amides is 1. The van der Waals surface area contributed by atoms with E-state index in [1.807, 2.05) is 27.7 Å². The van der Waals surface area contributed by atoms with Crippen LogP contribution in [0.2, 0.25) is 0 Å². The van der Waals surface area contributed by atoms with Crippen molar-refractivity contribution >= 4 is 6.09 Å². The highest BCUT2D eigenvalue weighted by molar-refractivity contribution is 5.68. The Labute approximate surface area is 123 Å². The molecule has 1 fully saturated rings. The van der Waals surface area contributed by atoms with Gasteiger partial charge in [-0.25, -0.2) is 4.79 Å². The van der Waals surface area contributed by atoms with E-state index in [1.165, 1.54) is 0 Å². The minimum Gasteiger partial charge on any atom is -0.444 e. The van der Waals surface area contributed by atoms with Crippen LogP contribution in [0.4, 0.5) is 4.79 Å². The summed E-state index contributed by atoms with van der Waals surface area (Å²) in [7, 11) is 0. The maximum Gasteiger partial charge on any atom is 0.410 e. The molecule has 0 aromatic heterocycles. The Balaban J connectivity index is 2.24. The van der Waals surface area contributed by atoms with E-state index in [2.05, 4.69) is 12.2 Å². The molecule has 118 valence electrons. The van der Waals surface area contributed by atoms with Crippen molar-refractivity contribution in [3.8, 4) is 0 Å². The van der Waals surface area contributed by atoms with E-state index in [9.17, 15) is 4.79 Å². The Morgan fingerprint density at radius 3 is 2.45 bits per heavy atom. The van der Waals surface area contributed by atoms with Crippen LogP contribution in [0.15, 0.2) is 0 Å². The number of nitrogens with zero attached hydrogens (tertiary/aromatic N) is 1. The van der Waals surface area contributed by atoms with E-state index < -0.39 is 5.60 Å². The normalized spacial score (nSPS) is 18.9. The highest BCUT2D eigenvalue weighted by atomic mass is 16.6. The number of ether oxygens (including phenoxy) is 2. The lowest BCUT2D eigenvalue weighted by Gasteiger charge is -2.34. The summed E-state index contributed by atoms with van der Waals surface area (Å²) in [4.78, 5) is 13.7. The number of rotatable bonds is 5. The van der Waals surface area contributed by atoms with Gasteiger partial charge in [0.05, 0.1) is 6.10 Å². The van der Waals surface area contributed by atoms with E-state index in [-0.39, 0.29) is 12.2 Å². The van der Waals surface area contributed by atoms with Crippen LogP contribution in [0.25, 0.3) is 0 Å². The van der Waals surface area contributed by atoms with E-state index in [1.54, 1.807) is 4.90 Å². The summed E-state index contributed by atoms with van der Waals surface area (Å²) in [6.07, 6.45) is 1.98. The van der Waals surface area contributed by atoms with Crippen LogP contribution in [-0.4, -0.2) is 55.0 Å². The van der Waals surface area contributed by atoms with Crippen molar-refractivity contribution in [1.29, 1.82) is 0 Å². The van der Waals surface area contributed by atoms with Crippen molar-refractivity contribution in [2.45, 2.75) is 65.2 Å². The third-order valence-corrected chi connectivity index (χ3v) is 3.29. The zero-order valence-corrected chi connectivity index (χ0v) is 13.6. The van der Waals surface area contributed by atoms with Crippen molar-refractivity contribution in [3.63, 3.8) is 0 Å². The molecule has 0 aromatic carbocycles. The minimum absolute atomic E-state index is 0.196. The molecule has 0 saturated carbocycles. The molecule has 1 aliphatic rings. The molecule has 20 heavy (non-hydrogen) atoms. The van der Waals surface area contributed by atoms with Gasteiger partial charge in [0.2, 0.25) is 0 Å². The highest BCUT2D eigenvalue weighted by Gasteiger charge is 2.26. The largest absolute Gasteiger partial charge is 0.444 e. The molecule has 0 radical (unpaired) electrons. The summed E-state index contributed by atoms with van der Waals surface area (Å²) in [6.45, 7) is 12.9. The zero-order valence-electron chi connectivity index (χ0n) is 13.6. The van der Waals surface area contributed by atoms with Gasteiger partial charge in [0, 0.05) is 32.3 Å². The SMILES string of the molecule is CCOC(C)CNC1CCN(C(=O)OC(C)(C)C)CC1. The number of carbonyl (C=O) groups is 1. The Morgan fingerprint density at radius 1 is 1.35 bits per heavy atom. The van der Waals surface area contributed by atoms with E-state index >= 15 is 0 Å². The summed E-state index contributed by atoms with van der Waals surface area (Å²) >= 11 is 0. The van der Waals surface area contributed by atoms with Crippen LogP contribution in [0.3, 0.4) is 0 Å². The van der Waals surface area contributed by atoms with Crippen molar-refractivity contribution in [2.24, 2.45) is 0 Å². The van der Waals surface area contributed by atoms with Crippen molar-refractivity contribution in [3.05, 3.63) is 0 Å². The monoisotopic (exact) mass is 286 g/mol. The Bertz CT molecular complexity index is 294. The summed E-state index contributed by atoms with van der Waals surface area (Å²) in [6, 6.07) is 0.469. The fourth-order valence-corrected chi connectivity index (χ4v) is 2.27. The molecular formula is C15H30N2O3. The molecule has 1 aliphatic heterocycles. The molecule has 0 aromatic rings. The predicted molar refractivity (Wildman–Crippen MR) is 79.9 cm³/mol.